The molecule has 1 unspecified atom stereocenters. The van der Waals surface area contributed by atoms with Gasteiger partial charge in [-0.2, -0.15) is 0 Å². The summed E-state index contributed by atoms with van der Waals surface area (Å²) >= 11 is 3.32. The number of amides is 2. The van der Waals surface area contributed by atoms with E-state index in [2.05, 4.69) is 31.0 Å². The molecule has 0 saturated carbocycles. The Morgan fingerprint density at radius 3 is 2.80 bits per heavy atom. The van der Waals surface area contributed by atoms with Crippen molar-refractivity contribution in [1.29, 1.82) is 0 Å². The fourth-order valence-electron chi connectivity index (χ4n) is 2.34. The van der Waals surface area contributed by atoms with Crippen LogP contribution in [-0.4, -0.2) is 41.1 Å². The zero-order chi connectivity index (χ0) is 18.4. The molecule has 0 aliphatic rings. The van der Waals surface area contributed by atoms with Crippen molar-refractivity contribution < 1.29 is 19.2 Å². The van der Waals surface area contributed by atoms with Crippen molar-refractivity contribution in [2.24, 2.45) is 0 Å². The normalized spacial score (nSPS) is 12.0. The Labute approximate surface area is 152 Å². The van der Waals surface area contributed by atoms with Crippen molar-refractivity contribution >= 4 is 33.6 Å². The van der Waals surface area contributed by atoms with E-state index in [0.29, 0.717) is 24.4 Å². The average Bonchev–Trinajstić information content (AvgIpc) is 2.55. The molecule has 0 radical (unpaired) electrons. The molecule has 2 aromatic heterocycles. The number of pyridine rings is 1. The van der Waals surface area contributed by atoms with Gasteiger partial charge in [0.2, 0.25) is 0 Å². The van der Waals surface area contributed by atoms with Gasteiger partial charge in [-0.25, -0.2) is 9.78 Å². The van der Waals surface area contributed by atoms with E-state index in [-0.39, 0.29) is 18.7 Å². The second-order valence-corrected chi connectivity index (χ2v) is 6.30. The van der Waals surface area contributed by atoms with Crippen molar-refractivity contribution in [3.05, 3.63) is 44.9 Å². The van der Waals surface area contributed by atoms with Crippen LogP contribution in [0.15, 0.2) is 33.7 Å². The van der Waals surface area contributed by atoms with Gasteiger partial charge < -0.3 is 9.64 Å². The average molecular weight is 412 g/mol. The lowest BCUT2D eigenvalue weighted by molar-refractivity contribution is -0.904. The van der Waals surface area contributed by atoms with Crippen LogP contribution in [0.3, 0.4) is 0 Å². The number of alkyl carbamates (subject to hydrolysis) is 1. The Kier molecular flexibility index (Phi) is 6.65. The molecule has 2 amide bonds. The zero-order valence-corrected chi connectivity index (χ0v) is 15.6. The minimum absolute atomic E-state index is 0.0801. The topological polar surface area (TPSA) is 94.2 Å². The molecule has 0 aromatic carbocycles. The molecule has 0 fully saturated rings. The van der Waals surface area contributed by atoms with Gasteiger partial charge in [-0.15, -0.1) is 0 Å². The molecule has 0 bridgehead atoms. The van der Waals surface area contributed by atoms with E-state index in [4.69, 9.17) is 0 Å². The van der Waals surface area contributed by atoms with Crippen molar-refractivity contribution in [2.45, 2.75) is 20.4 Å². The summed E-state index contributed by atoms with van der Waals surface area (Å²) in [7, 11) is 0. The molecule has 9 heteroatoms. The van der Waals surface area contributed by atoms with Crippen LogP contribution in [0, 0.1) is 0 Å². The summed E-state index contributed by atoms with van der Waals surface area (Å²) in [4.78, 5) is 40.7. The monoisotopic (exact) mass is 411 g/mol. The number of hydrogen-bond donors (Lipinski definition) is 2. The van der Waals surface area contributed by atoms with Crippen LogP contribution in [0.4, 0.5) is 4.79 Å². The van der Waals surface area contributed by atoms with E-state index in [1.165, 1.54) is 10.5 Å². The third kappa shape index (κ3) is 5.36. The predicted octanol–water partition coefficient (Wildman–Crippen LogP) is 0.135. The highest BCUT2D eigenvalue weighted by atomic mass is 79.9. The summed E-state index contributed by atoms with van der Waals surface area (Å²) < 4.78 is 6.92. The lowest BCUT2D eigenvalue weighted by atomic mass is 10.3. The second kappa shape index (κ2) is 8.72. The number of imide groups is 1. The number of fused-ring (bicyclic) bond motifs is 1. The van der Waals surface area contributed by atoms with E-state index < -0.39 is 12.0 Å². The molecular formula is C16H20BrN4O4+. The molecule has 0 aliphatic heterocycles. The SMILES string of the molecule is CCOC(=O)NC(=O)C[NH+](CC)Cc1cc(=O)n2cc(Br)ccc2n1. The van der Waals surface area contributed by atoms with Gasteiger partial charge in [-0.1, -0.05) is 0 Å². The molecule has 134 valence electrons. The van der Waals surface area contributed by atoms with Gasteiger partial charge >= 0.3 is 6.09 Å². The zero-order valence-electron chi connectivity index (χ0n) is 14.0. The van der Waals surface area contributed by atoms with Crippen LogP contribution < -0.4 is 15.8 Å². The number of quaternary nitrogens is 1. The fourth-order valence-corrected chi connectivity index (χ4v) is 2.67. The van der Waals surface area contributed by atoms with Crippen LogP contribution in [0.2, 0.25) is 0 Å². The quantitative estimate of drug-likeness (QED) is 0.704. The van der Waals surface area contributed by atoms with Crippen LogP contribution in [-0.2, 0) is 16.1 Å². The van der Waals surface area contributed by atoms with Gasteiger partial charge in [0.05, 0.1) is 13.2 Å². The fraction of sp³-hybridized carbons (Fsp3) is 0.375. The van der Waals surface area contributed by atoms with Crippen molar-refractivity contribution in [1.82, 2.24) is 14.7 Å². The molecule has 1 atom stereocenters. The number of nitrogens with zero attached hydrogens (tertiary/aromatic N) is 2. The van der Waals surface area contributed by atoms with Crippen LogP contribution in [0.1, 0.15) is 19.5 Å². The molecule has 2 heterocycles. The highest BCUT2D eigenvalue weighted by Gasteiger charge is 2.17. The minimum Gasteiger partial charge on any atom is -0.450 e. The molecule has 0 saturated heterocycles. The Morgan fingerprint density at radius 2 is 2.12 bits per heavy atom. The number of rotatable bonds is 6. The van der Waals surface area contributed by atoms with Crippen LogP contribution in [0.5, 0.6) is 0 Å². The maximum Gasteiger partial charge on any atom is 0.414 e. The Balaban J connectivity index is 2.09. The number of hydrogen-bond acceptors (Lipinski definition) is 5. The van der Waals surface area contributed by atoms with Crippen LogP contribution >= 0.6 is 15.9 Å². The van der Waals surface area contributed by atoms with Crippen LogP contribution in [0.25, 0.3) is 5.65 Å². The maximum absolute atomic E-state index is 12.2. The van der Waals surface area contributed by atoms with E-state index in [9.17, 15) is 14.4 Å². The van der Waals surface area contributed by atoms with Gasteiger partial charge in [0.15, 0.2) is 6.54 Å². The van der Waals surface area contributed by atoms with Gasteiger partial charge in [-0.05, 0) is 41.9 Å². The summed E-state index contributed by atoms with van der Waals surface area (Å²) in [6.07, 6.45) is 0.904. The van der Waals surface area contributed by atoms with Crippen molar-refractivity contribution in [3.8, 4) is 0 Å². The maximum atomic E-state index is 12.2. The lowest BCUT2D eigenvalue weighted by Gasteiger charge is -2.16. The first-order chi connectivity index (χ1) is 11.9. The van der Waals surface area contributed by atoms with Gasteiger partial charge in [-0.3, -0.25) is 19.3 Å². The summed E-state index contributed by atoms with van der Waals surface area (Å²) in [5.41, 5.74) is 0.943. The second-order valence-electron chi connectivity index (χ2n) is 5.39. The van der Waals surface area contributed by atoms with Gasteiger partial charge in [0, 0.05) is 16.7 Å². The molecule has 2 N–H and O–H groups in total. The standard InChI is InChI=1S/C16H19BrN4O4/c1-3-20(10-14(22)19-16(24)25-4-2)9-12-7-15(23)21-8-11(17)5-6-13(21)18-12/h5-8H,3-4,9-10H2,1-2H3,(H,19,22,24)/p+1. The number of carbonyl (C=O) groups excluding carboxylic acids is 2. The predicted molar refractivity (Wildman–Crippen MR) is 94.4 cm³/mol. The lowest BCUT2D eigenvalue weighted by Crippen LogP contribution is -3.11. The number of likely N-dealkylation sites (N-methyl/N-ethyl adjacent to an activating group) is 1. The Morgan fingerprint density at radius 1 is 1.36 bits per heavy atom. The molecule has 25 heavy (non-hydrogen) atoms. The summed E-state index contributed by atoms with van der Waals surface area (Å²) in [6, 6.07) is 5.01. The molecular weight excluding hydrogens is 392 g/mol. The molecule has 8 nitrogen and oxygen atoms in total. The number of carbonyl (C=O) groups is 2. The number of halogens is 1. The van der Waals surface area contributed by atoms with Crippen molar-refractivity contribution in [2.75, 3.05) is 19.7 Å². The van der Waals surface area contributed by atoms with E-state index in [0.717, 1.165) is 9.37 Å². The summed E-state index contributed by atoms with van der Waals surface area (Å²) in [5, 5.41) is 2.17. The molecule has 0 spiro atoms. The number of nitrogens with one attached hydrogen (secondary N) is 2. The highest BCUT2D eigenvalue weighted by molar-refractivity contribution is 9.10. The molecule has 0 aliphatic carbocycles. The third-order valence-electron chi connectivity index (χ3n) is 3.54. The first kappa shape index (κ1) is 19.1. The largest absolute Gasteiger partial charge is 0.450 e. The smallest absolute Gasteiger partial charge is 0.414 e. The highest BCUT2D eigenvalue weighted by Crippen LogP contribution is 2.09. The van der Waals surface area contributed by atoms with Crippen molar-refractivity contribution in [3.63, 3.8) is 0 Å². The van der Waals surface area contributed by atoms with E-state index in [1.807, 2.05) is 13.0 Å². The summed E-state index contributed by atoms with van der Waals surface area (Å²) in [6.45, 7) is 4.89. The Bertz CT molecular complexity index is 836. The first-order valence-corrected chi connectivity index (χ1v) is 8.70. The summed E-state index contributed by atoms with van der Waals surface area (Å²) in [5.74, 6) is -0.434. The molecule has 2 aromatic rings. The minimum atomic E-state index is -0.754. The Hall–Kier alpha value is -2.26. The van der Waals surface area contributed by atoms with E-state index >= 15 is 0 Å². The third-order valence-corrected chi connectivity index (χ3v) is 4.00. The number of aromatic nitrogens is 2. The molecule has 2 rings (SSSR count). The van der Waals surface area contributed by atoms with Gasteiger partial charge in [0.1, 0.15) is 17.9 Å². The van der Waals surface area contributed by atoms with E-state index in [1.54, 1.807) is 19.2 Å². The first-order valence-electron chi connectivity index (χ1n) is 7.91. The number of ether oxygens (including phenoxy) is 1. The van der Waals surface area contributed by atoms with Gasteiger partial charge in [0.25, 0.3) is 11.5 Å².